The molecule has 4 heteroatoms. The van der Waals surface area contributed by atoms with Gasteiger partial charge in [0.15, 0.2) is 0 Å². The van der Waals surface area contributed by atoms with Gasteiger partial charge in [-0.1, -0.05) is 37.9 Å². The summed E-state index contributed by atoms with van der Waals surface area (Å²) in [6.07, 6.45) is 0.840. The van der Waals surface area contributed by atoms with Gasteiger partial charge in [0.1, 0.15) is 12.1 Å². The van der Waals surface area contributed by atoms with Gasteiger partial charge in [-0.2, -0.15) is 0 Å². The predicted octanol–water partition coefficient (Wildman–Crippen LogP) is 3.27. The van der Waals surface area contributed by atoms with Crippen molar-refractivity contribution in [3.63, 3.8) is 0 Å². The Morgan fingerprint density at radius 3 is 2.69 bits per heavy atom. The van der Waals surface area contributed by atoms with E-state index in [1.54, 1.807) is 6.07 Å². The molecule has 1 nitrogen and oxygen atoms in total. The molecule has 0 heterocycles. The highest BCUT2D eigenvalue weighted by molar-refractivity contribution is 9.10. The molecule has 70 valence electrons. The van der Waals surface area contributed by atoms with E-state index in [2.05, 4.69) is 31.9 Å². The average molecular weight is 310 g/mol. The van der Waals surface area contributed by atoms with Crippen LogP contribution in [0, 0.1) is 5.82 Å². The molecule has 0 amide bonds. The minimum atomic E-state index is -0.310. The van der Waals surface area contributed by atoms with E-state index in [0.29, 0.717) is 9.80 Å². The largest absolute Gasteiger partial charge is 0.303 e. The van der Waals surface area contributed by atoms with Crippen molar-refractivity contribution in [1.82, 2.24) is 0 Å². The zero-order valence-corrected chi connectivity index (χ0v) is 9.81. The monoisotopic (exact) mass is 308 g/mol. The molecule has 0 saturated carbocycles. The Bertz CT molecular complexity index is 314. The van der Waals surface area contributed by atoms with Crippen LogP contribution in [-0.2, 0) is 4.79 Å². The second kappa shape index (κ2) is 4.86. The Morgan fingerprint density at radius 2 is 2.23 bits per heavy atom. The second-order valence-corrected chi connectivity index (χ2v) is 4.06. The molecule has 1 aromatic carbocycles. The van der Waals surface area contributed by atoms with E-state index in [1.165, 1.54) is 12.1 Å². The van der Waals surface area contributed by atoms with E-state index >= 15 is 0 Å². The van der Waals surface area contributed by atoms with E-state index in [1.807, 2.05) is 0 Å². The topological polar surface area (TPSA) is 17.1 Å². The van der Waals surface area contributed by atoms with Gasteiger partial charge in [-0.3, -0.25) is 0 Å². The SMILES string of the molecule is O=CC(CBr)c1ccc(F)cc1Br. The molecule has 0 aliphatic rings. The maximum absolute atomic E-state index is 12.7. The van der Waals surface area contributed by atoms with Crippen LogP contribution in [0.3, 0.4) is 0 Å². The van der Waals surface area contributed by atoms with E-state index in [9.17, 15) is 9.18 Å². The maximum atomic E-state index is 12.7. The summed E-state index contributed by atoms with van der Waals surface area (Å²) in [5.74, 6) is -0.537. The zero-order valence-electron chi connectivity index (χ0n) is 6.64. The summed E-state index contributed by atoms with van der Waals surface area (Å²) >= 11 is 6.43. The number of aldehydes is 1. The molecule has 0 bridgehead atoms. The van der Waals surface area contributed by atoms with Gasteiger partial charge in [-0.15, -0.1) is 0 Å². The first-order chi connectivity index (χ1) is 6.19. The predicted molar refractivity (Wildman–Crippen MR) is 56.7 cm³/mol. The highest BCUT2D eigenvalue weighted by Crippen LogP contribution is 2.25. The van der Waals surface area contributed by atoms with Gasteiger partial charge in [0.2, 0.25) is 0 Å². The Balaban J connectivity index is 3.06. The maximum Gasteiger partial charge on any atom is 0.128 e. The normalized spacial score (nSPS) is 12.5. The van der Waals surface area contributed by atoms with Crippen molar-refractivity contribution in [2.45, 2.75) is 5.92 Å². The van der Waals surface area contributed by atoms with Crippen molar-refractivity contribution in [2.75, 3.05) is 5.33 Å². The molecule has 0 radical (unpaired) electrons. The molecule has 1 atom stereocenters. The van der Waals surface area contributed by atoms with Crippen LogP contribution < -0.4 is 0 Å². The van der Waals surface area contributed by atoms with Crippen molar-refractivity contribution in [2.24, 2.45) is 0 Å². The Hall–Kier alpha value is -0.220. The van der Waals surface area contributed by atoms with Crippen molar-refractivity contribution in [1.29, 1.82) is 0 Å². The third-order valence-electron chi connectivity index (χ3n) is 1.69. The third-order valence-corrected chi connectivity index (χ3v) is 3.08. The van der Waals surface area contributed by atoms with E-state index < -0.39 is 0 Å². The number of carbonyl (C=O) groups excluding carboxylic acids is 1. The van der Waals surface area contributed by atoms with Gasteiger partial charge in [-0.05, 0) is 17.7 Å². The number of alkyl halides is 1. The fraction of sp³-hybridized carbons (Fsp3) is 0.222. The molecule has 1 rings (SSSR count). The van der Waals surface area contributed by atoms with Crippen LogP contribution in [0.25, 0.3) is 0 Å². The van der Waals surface area contributed by atoms with Gasteiger partial charge >= 0.3 is 0 Å². The molecule has 1 aromatic rings. The summed E-state index contributed by atoms with van der Waals surface area (Å²) in [7, 11) is 0. The molecule has 0 fully saturated rings. The summed E-state index contributed by atoms with van der Waals surface area (Å²) in [5, 5.41) is 0.542. The second-order valence-electron chi connectivity index (χ2n) is 2.56. The number of benzene rings is 1. The molecule has 0 N–H and O–H groups in total. The number of rotatable bonds is 3. The van der Waals surface area contributed by atoms with Gasteiger partial charge in [0.25, 0.3) is 0 Å². The lowest BCUT2D eigenvalue weighted by Gasteiger charge is -2.08. The summed E-state index contributed by atoms with van der Waals surface area (Å²) in [5.41, 5.74) is 0.799. The lowest BCUT2D eigenvalue weighted by Crippen LogP contribution is -2.02. The Labute approximate surface area is 92.6 Å². The number of hydrogen-bond donors (Lipinski definition) is 0. The molecule has 0 aliphatic carbocycles. The molecular weight excluding hydrogens is 303 g/mol. The molecule has 13 heavy (non-hydrogen) atoms. The van der Waals surface area contributed by atoms with E-state index in [4.69, 9.17) is 0 Å². The van der Waals surface area contributed by atoms with Crippen LogP contribution in [0.4, 0.5) is 4.39 Å². The molecule has 1 unspecified atom stereocenters. The first kappa shape index (κ1) is 10.9. The van der Waals surface area contributed by atoms with Crippen LogP contribution in [0.2, 0.25) is 0 Å². The van der Waals surface area contributed by atoms with Gasteiger partial charge < -0.3 is 4.79 Å². The number of carbonyl (C=O) groups is 1. The third kappa shape index (κ3) is 2.61. The first-order valence-corrected chi connectivity index (χ1v) is 5.56. The molecule has 0 aromatic heterocycles. The number of halogens is 3. The summed E-state index contributed by atoms with van der Waals surface area (Å²) < 4.78 is 13.3. The van der Waals surface area contributed by atoms with Crippen LogP contribution in [-0.4, -0.2) is 11.6 Å². The zero-order chi connectivity index (χ0) is 9.84. The van der Waals surface area contributed by atoms with Crippen molar-refractivity contribution in [3.8, 4) is 0 Å². The summed E-state index contributed by atoms with van der Waals surface area (Å²) in [6.45, 7) is 0. The van der Waals surface area contributed by atoms with Gasteiger partial charge in [-0.25, -0.2) is 4.39 Å². The first-order valence-electron chi connectivity index (χ1n) is 3.65. The summed E-state index contributed by atoms with van der Waals surface area (Å²) in [4.78, 5) is 10.6. The van der Waals surface area contributed by atoms with E-state index in [-0.39, 0.29) is 11.7 Å². The minimum absolute atomic E-state index is 0.227. The lowest BCUT2D eigenvalue weighted by atomic mass is 10.0. The van der Waals surface area contributed by atoms with Gasteiger partial charge in [0.05, 0.1) is 5.92 Å². The standard InChI is InChI=1S/C9H7Br2FO/c10-4-6(5-13)8-2-1-7(12)3-9(8)11/h1-3,5-6H,4H2. The van der Waals surface area contributed by atoms with Crippen LogP contribution in [0.1, 0.15) is 11.5 Å². The minimum Gasteiger partial charge on any atom is -0.303 e. The molecule has 0 aliphatic heterocycles. The number of hydrogen-bond acceptors (Lipinski definition) is 1. The lowest BCUT2D eigenvalue weighted by molar-refractivity contribution is -0.108. The fourth-order valence-electron chi connectivity index (χ4n) is 0.995. The Morgan fingerprint density at radius 1 is 1.54 bits per heavy atom. The van der Waals surface area contributed by atoms with Crippen molar-refractivity contribution < 1.29 is 9.18 Å². The van der Waals surface area contributed by atoms with Crippen LogP contribution >= 0.6 is 31.9 Å². The van der Waals surface area contributed by atoms with Crippen molar-refractivity contribution in [3.05, 3.63) is 34.1 Å². The average Bonchev–Trinajstić information content (AvgIpc) is 2.10. The highest BCUT2D eigenvalue weighted by Gasteiger charge is 2.12. The smallest absolute Gasteiger partial charge is 0.128 e. The van der Waals surface area contributed by atoms with Crippen LogP contribution in [0.15, 0.2) is 22.7 Å². The Kier molecular flexibility index (Phi) is 4.06. The molecule has 0 saturated heterocycles. The fourth-order valence-corrected chi connectivity index (χ4v) is 2.14. The summed E-state index contributed by atoms with van der Waals surface area (Å²) in [6, 6.07) is 4.31. The molecular formula is C9H7Br2FO. The highest BCUT2D eigenvalue weighted by atomic mass is 79.9. The van der Waals surface area contributed by atoms with Crippen molar-refractivity contribution >= 4 is 38.1 Å². The van der Waals surface area contributed by atoms with Gasteiger partial charge in [0, 0.05) is 9.80 Å². The molecule has 0 spiro atoms. The quantitative estimate of drug-likeness (QED) is 0.619. The van der Waals surface area contributed by atoms with Crippen LogP contribution in [0.5, 0.6) is 0 Å². The van der Waals surface area contributed by atoms with E-state index in [0.717, 1.165) is 11.8 Å².